The molecule has 0 aromatic heterocycles. The average Bonchev–Trinajstić information content (AvgIpc) is 2.43. The Labute approximate surface area is 122 Å². The van der Waals surface area contributed by atoms with Crippen molar-refractivity contribution >= 4 is 6.03 Å². The molecule has 2 rings (SSSR count). The number of amides is 2. The van der Waals surface area contributed by atoms with E-state index < -0.39 is 0 Å². The highest BCUT2D eigenvalue weighted by atomic mass is 16.2. The predicted octanol–water partition coefficient (Wildman–Crippen LogP) is 2.10. The summed E-state index contributed by atoms with van der Waals surface area (Å²) in [7, 11) is 3.62. The Bertz CT molecular complexity index is 477. The zero-order chi connectivity index (χ0) is 14.7. The van der Waals surface area contributed by atoms with Gasteiger partial charge < -0.3 is 9.80 Å². The lowest BCUT2D eigenvalue weighted by Gasteiger charge is -2.36. The molecular weight excluding hydrogens is 250 g/mol. The van der Waals surface area contributed by atoms with Crippen molar-refractivity contribution in [3.05, 3.63) is 34.9 Å². The maximum atomic E-state index is 11.9. The van der Waals surface area contributed by atoms with Crippen molar-refractivity contribution in [3.63, 3.8) is 0 Å². The largest absolute Gasteiger partial charge is 0.331 e. The minimum Gasteiger partial charge on any atom is -0.331 e. The quantitative estimate of drug-likeness (QED) is 0.826. The van der Waals surface area contributed by atoms with E-state index in [0.717, 1.165) is 32.7 Å². The maximum Gasteiger partial charge on any atom is 0.319 e. The van der Waals surface area contributed by atoms with Crippen LogP contribution in [0, 0.1) is 13.8 Å². The van der Waals surface area contributed by atoms with E-state index in [-0.39, 0.29) is 6.03 Å². The van der Waals surface area contributed by atoms with Crippen LogP contribution in [0.15, 0.2) is 18.2 Å². The van der Waals surface area contributed by atoms with Crippen LogP contribution >= 0.6 is 0 Å². The highest BCUT2D eigenvalue weighted by molar-refractivity contribution is 5.73. The Morgan fingerprint density at radius 1 is 1.15 bits per heavy atom. The van der Waals surface area contributed by atoms with Gasteiger partial charge in [-0.2, -0.15) is 0 Å². The first kappa shape index (κ1) is 14.9. The predicted molar refractivity (Wildman–Crippen MR) is 81.8 cm³/mol. The zero-order valence-corrected chi connectivity index (χ0v) is 13.0. The Kier molecular flexibility index (Phi) is 4.65. The molecule has 110 valence electrons. The Morgan fingerprint density at radius 3 is 2.40 bits per heavy atom. The van der Waals surface area contributed by atoms with Crippen molar-refractivity contribution in [3.8, 4) is 0 Å². The monoisotopic (exact) mass is 275 g/mol. The zero-order valence-electron chi connectivity index (χ0n) is 13.0. The summed E-state index contributed by atoms with van der Waals surface area (Å²) < 4.78 is 0. The van der Waals surface area contributed by atoms with Crippen LogP contribution in [0.3, 0.4) is 0 Å². The minimum absolute atomic E-state index is 0.122. The average molecular weight is 275 g/mol. The van der Waals surface area contributed by atoms with Crippen LogP contribution in [0.5, 0.6) is 0 Å². The third-order valence-corrected chi connectivity index (χ3v) is 3.92. The molecular formula is C16H25N3O. The van der Waals surface area contributed by atoms with Crippen molar-refractivity contribution in [2.75, 3.05) is 40.3 Å². The summed E-state index contributed by atoms with van der Waals surface area (Å²) in [5, 5.41) is 0. The number of hydrogen-bond acceptors (Lipinski definition) is 2. The summed E-state index contributed by atoms with van der Waals surface area (Å²) in [5.41, 5.74) is 4.06. The van der Waals surface area contributed by atoms with Gasteiger partial charge >= 0.3 is 6.03 Å². The number of urea groups is 1. The van der Waals surface area contributed by atoms with Crippen LogP contribution in [-0.2, 0) is 6.54 Å². The molecule has 0 radical (unpaired) electrons. The lowest BCUT2D eigenvalue weighted by Crippen LogP contribution is -2.51. The normalized spacial score (nSPS) is 16.3. The second kappa shape index (κ2) is 6.27. The first-order valence-electron chi connectivity index (χ1n) is 7.22. The smallest absolute Gasteiger partial charge is 0.319 e. The lowest BCUT2D eigenvalue weighted by molar-refractivity contribution is 0.120. The summed E-state index contributed by atoms with van der Waals surface area (Å²) in [5.74, 6) is 0. The molecule has 20 heavy (non-hydrogen) atoms. The van der Waals surface area contributed by atoms with Gasteiger partial charge in [0.2, 0.25) is 0 Å². The molecule has 0 spiro atoms. The highest BCUT2D eigenvalue weighted by Gasteiger charge is 2.22. The first-order chi connectivity index (χ1) is 9.47. The summed E-state index contributed by atoms with van der Waals surface area (Å²) in [6, 6.07) is 6.74. The van der Waals surface area contributed by atoms with Gasteiger partial charge in [0, 0.05) is 46.8 Å². The molecule has 0 aliphatic carbocycles. The molecule has 0 unspecified atom stereocenters. The standard InChI is InChI=1S/C16H25N3O/c1-13-5-6-14(2)15(11-13)12-18-7-9-19(10-8-18)16(20)17(3)4/h5-6,11H,7-10,12H2,1-4H3. The Hall–Kier alpha value is -1.55. The molecule has 0 atom stereocenters. The van der Waals surface area contributed by atoms with Crippen molar-refractivity contribution in [2.45, 2.75) is 20.4 Å². The number of nitrogens with zero attached hydrogens (tertiary/aromatic N) is 3. The number of rotatable bonds is 2. The van der Waals surface area contributed by atoms with Gasteiger partial charge in [-0.15, -0.1) is 0 Å². The topological polar surface area (TPSA) is 26.8 Å². The molecule has 1 aliphatic rings. The van der Waals surface area contributed by atoms with Crippen molar-refractivity contribution in [1.29, 1.82) is 0 Å². The number of aryl methyl sites for hydroxylation is 2. The molecule has 0 N–H and O–H groups in total. The van der Waals surface area contributed by atoms with Crippen LogP contribution in [0.4, 0.5) is 4.79 Å². The molecule has 1 aliphatic heterocycles. The fraction of sp³-hybridized carbons (Fsp3) is 0.562. The number of carbonyl (C=O) groups is 1. The third-order valence-electron chi connectivity index (χ3n) is 3.92. The second-order valence-corrected chi connectivity index (χ2v) is 5.87. The lowest BCUT2D eigenvalue weighted by atomic mass is 10.0. The number of piperazine rings is 1. The summed E-state index contributed by atoms with van der Waals surface area (Å²) in [4.78, 5) is 17.9. The Balaban J connectivity index is 1.91. The second-order valence-electron chi connectivity index (χ2n) is 5.87. The molecule has 1 fully saturated rings. The van der Waals surface area contributed by atoms with Gasteiger partial charge in [0.25, 0.3) is 0 Å². The fourth-order valence-electron chi connectivity index (χ4n) is 2.59. The van der Waals surface area contributed by atoms with E-state index in [9.17, 15) is 4.79 Å². The van der Waals surface area contributed by atoms with Crippen LogP contribution in [-0.4, -0.2) is 61.0 Å². The van der Waals surface area contributed by atoms with Crippen LogP contribution in [0.25, 0.3) is 0 Å². The van der Waals surface area contributed by atoms with Gasteiger partial charge in [-0.1, -0.05) is 23.8 Å². The number of benzene rings is 1. The highest BCUT2D eigenvalue weighted by Crippen LogP contribution is 2.15. The molecule has 1 aromatic rings. The molecule has 1 heterocycles. The van der Waals surface area contributed by atoms with E-state index in [1.54, 1.807) is 4.90 Å². The molecule has 2 amide bonds. The minimum atomic E-state index is 0.122. The fourth-order valence-corrected chi connectivity index (χ4v) is 2.59. The van der Waals surface area contributed by atoms with E-state index in [1.165, 1.54) is 16.7 Å². The van der Waals surface area contributed by atoms with E-state index in [4.69, 9.17) is 0 Å². The van der Waals surface area contributed by atoms with Gasteiger partial charge in [0.1, 0.15) is 0 Å². The van der Waals surface area contributed by atoms with Gasteiger partial charge in [0.05, 0.1) is 0 Å². The molecule has 4 nitrogen and oxygen atoms in total. The van der Waals surface area contributed by atoms with Crippen LogP contribution in [0.2, 0.25) is 0 Å². The van der Waals surface area contributed by atoms with Crippen LogP contribution < -0.4 is 0 Å². The van der Waals surface area contributed by atoms with Gasteiger partial charge in [-0.3, -0.25) is 4.90 Å². The summed E-state index contributed by atoms with van der Waals surface area (Å²) in [6.45, 7) is 8.83. The molecule has 1 aromatic carbocycles. The summed E-state index contributed by atoms with van der Waals surface area (Å²) >= 11 is 0. The van der Waals surface area contributed by atoms with E-state index >= 15 is 0 Å². The van der Waals surface area contributed by atoms with E-state index in [0.29, 0.717) is 0 Å². The maximum absolute atomic E-state index is 11.9. The number of hydrogen-bond donors (Lipinski definition) is 0. The first-order valence-corrected chi connectivity index (χ1v) is 7.22. The Morgan fingerprint density at radius 2 is 1.80 bits per heavy atom. The SMILES string of the molecule is Cc1ccc(C)c(CN2CCN(C(=O)N(C)C)CC2)c1. The summed E-state index contributed by atoms with van der Waals surface area (Å²) in [6.07, 6.45) is 0. The molecule has 4 heteroatoms. The van der Waals surface area contributed by atoms with Gasteiger partial charge in [-0.05, 0) is 25.0 Å². The molecule has 1 saturated heterocycles. The van der Waals surface area contributed by atoms with E-state index in [1.807, 2.05) is 19.0 Å². The van der Waals surface area contributed by atoms with Crippen molar-refractivity contribution < 1.29 is 4.79 Å². The molecule has 0 bridgehead atoms. The molecule has 0 saturated carbocycles. The van der Waals surface area contributed by atoms with Gasteiger partial charge in [-0.25, -0.2) is 4.79 Å². The number of carbonyl (C=O) groups excluding carboxylic acids is 1. The van der Waals surface area contributed by atoms with Gasteiger partial charge in [0.15, 0.2) is 0 Å². The van der Waals surface area contributed by atoms with Crippen molar-refractivity contribution in [1.82, 2.24) is 14.7 Å². The van der Waals surface area contributed by atoms with Crippen molar-refractivity contribution in [2.24, 2.45) is 0 Å². The third kappa shape index (κ3) is 3.51. The van der Waals surface area contributed by atoms with E-state index in [2.05, 4.69) is 36.9 Å². The van der Waals surface area contributed by atoms with Crippen LogP contribution in [0.1, 0.15) is 16.7 Å².